The molecule has 17 heteroatoms. The van der Waals surface area contributed by atoms with Gasteiger partial charge in [0.25, 0.3) is 10.1 Å². The second kappa shape index (κ2) is 11.2. The van der Waals surface area contributed by atoms with E-state index in [0.29, 0.717) is 11.4 Å². The molecule has 39 heavy (non-hydrogen) atoms. The predicted molar refractivity (Wildman–Crippen MR) is 138 cm³/mol. The van der Waals surface area contributed by atoms with E-state index in [4.69, 9.17) is 17.2 Å². The van der Waals surface area contributed by atoms with Crippen LogP contribution in [0.15, 0.2) is 90.9 Å². The molecule has 0 aliphatic carbocycles. The molecule has 0 fully saturated rings. The van der Waals surface area contributed by atoms with Gasteiger partial charge in [-0.05, 0) is 66.0 Å². The summed E-state index contributed by atoms with van der Waals surface area (Å²) in [5.74, 6) is -0.884. The Morgan fingerprint density at radius 1 is 0.692 bits per heavy atom. The van der Waals surface area contributed by atoms with Crippen molar-refractivity contribution in [1.29, 1.82) is 0 Å². The van der Waals surface area contributed by atoms with Gasteiger partial charge in [0.15, 0.2) is 5.75 Å². The fraction of sp³-hybridized carbons (Fsp3) is 0. The Kier molecular flexibility index (Phi) is 8.61. The van der Waals surface area contributed by atoms with E-state index in [9.17, 15) is 31.0 Å². The van der Waals surface area contributed by atoms with Gasteiger partial charge in [-0.15, -0.1) is 10.2 Å². The number of phenolic OH excluding ortho intramolecular Hbond substituents is 1. The molecule has 0 atom stereocenters. The van der Waals surface area contributed by atoms with Gasteiger partial charge >= 0.3 is 29.6 Å². The SMILES string of the molecule is Nc1ccc(N=Nc2c(S(=O)(=O)[O-])cc3cc(S(=O)(=O)O)c(N=Nc4ccc(N)cc4)c(O)c3c2N)cc1.[Na+]. The number of nitrogens with two attached hydrogens (primary N) is 3. The number of rotatable bonds is 6. The molecule has 0 radical (unpaired) electrons. The Morgan fingerprint density at radius 2 is 1.13 bits per heavy atom. The van der Waals surface area contributed by atoms with Crippen molar-refractivity contribution in [1.82, 2.24) is 0 Å². The Hall–Kier alpha value is -3.64. The van der Waals surface area contributed by atoms with Gasteiger partial charge in [-0.2, -0.15) is 18.6 Å². The minimum absolute atomic E-state index is 0. The third-order valence-corrected chi connectivity index (χ3v) is 6.90. The number of anilines is 3. The van der Waals surface area contributed by atoms with Gasteiger partial charge in [0.2, 0.25) is 0 Å². The maximum Gasteiger partial charge on any atom is 1.00 e. The van der Waals surface area contributed by atoms with Crippen molar-refractivity contribution in [3.8, 4) is 5.75 Å². The number of phenols is 1. The predicted octanol–water partition coefficient (Wildman–Crippen LogP) is 1.28. The molecule has 0 aliphatic rings. The first-order valence-electron chi connectivity index (χ1n) is 10.4. The third-order valence-electron chi connectivity index (χ3n) is 5.18. The number of fused-ring (bicyclic) bond motifs is 1. The molecule has 0 aliphatic heterocycles. The summed E-state index contributed by atoms with van der Waals surface area (Å²) in [6.07, 6.45) is 0. The molecule has 0 spiro atoms. The summed E-state index contributed by atoms with van der Waals surface area (Å²) in [5, 5.41) is 25.6. The average Bonchev–Trinajstić information content (AvgIpc) is 2.83. The standard InChI is InChI=1S/C22H19N7O7S2.Na/c23-12-1-5-14(6-2-12)26-28-20-16(37(31,32)33)9-11-10-17(38(34,35)36)21(22(30)18(11)19(20)25)29-27-15-7-3-13(24)4-8-15;/h1-10,30H,23-25H2,(H,31,32,33)(H,34,35,36);/q;+1/p-1. The molecule has 0 aromatic heterocycles. The van der Waals surface area contributed by atoms with Crippen LogP contribution >= 0.6 is 0 Å². The van der Waals surface area contributed by atoms with Crippen LogP contribution in [-0.4, -0.2) is 31.0 Å². The van der Waals surface area contributed by atoms with Crippen molar-refractivity contribution >= 4 is 70.8 Å². The summed E-state index contributed by atoms with van der Waals surface area (Å²) in [6.45, 7) is 0. The first kappa shape index (κ1) is 29.9. The summed E-state index contributed by atoms with van der Waals surface area (Å²) < 4.78 is 70.0. The van der Waals surface area contributed by atoms with Crippen LogP contribution in [0.4, 0.5) is 39.8 Å². The van der Waals surface area contributed by atoms with Crippen LogP contribution in [-0.2, 0) is 20.2 Å². The molecule has 0 saturated heterocycles. The zero-order chi connectivity index (χ0) is 27.8. The quantitative estimate of drug-likeness (QED) is 0.0945. The number of azo groups is 2. The Bertz CT molecular complexity index is 1710. The average molecular weight is 580 g/mol. The minimum atomic E-state index is -5.23. The van der Waals surface area contributed by atoms with Gasteiger partial charge in [-0.3, -0.25) is 4.55 Å². The monoisotopic (exact) mass is 579 g/mol. The van der Waals surface area contributed by atoms with Gasteiger partial charge < -0.3 is 26.9 Å². The van der Waals surface area contributed by atoms with Crippen LogP contribution in [0.3, 0.4) is 0 Å². The van der Waals surface area contributed by atoms with E-state index < -0.39 is 52.8 Å². The van der Waals surface area contributed by atoms with E-state index in [1.54, 1.807) is 0 Å². The normalized spacial score (nSPS) is 12.3. The van der Waals surface area contributed by atoms with E-state index in [2.05, 4.69) is 20.5 Å². The smallest absolute Gasteiger partial charge is 0.744 e. The van der Waals surface area contributed by atoms with E-state index in [0.717, 1.165) is 12.1 Å². The minimum Gasteiger partial charge on any atom is -0.744 e. The van der Waals surface area contributed by atoms with Crippen molar-refractivity contribution in [2.75, 3.05) is 17.2 Å². The van der Waals surface area contributed by atoms with Crippen LogP contribution in [0.25, 0.3) is 10.8 Å². The van der Waals surface area contributed by atoms with Gasteiger partial charge in [-0.1, -0.05) is 0 Å². The van der Waals surface area contributed by atoms with Crippen molar-refractivity contribution in [3.63, 3.8) is 0 Å². The molecule has 4 aromatic carbocycles. The second-order valence-corrected chi connectivity index (χ2v) is 10.6. The summed E-state index contributed by atoms with van der Waals surface area (Å²) in [7, 11) is -10.3. The maximum absolute atomic E-state index is 12.1. The third kappa shape index (κ3) is 6.51. The number of hydrogen-bond acceptors (Lipinski definition) is 13. The molecule has 4 aromatic rings. The molecule has 0 bridgehead atoms. The maximum atomic E-state index is 12.1. The molecule has 4 rings (SSSR count). The molecule has 0 unspecified atom stereocenters. The van der Waals surface area contributed by atoms with Crippen LogP contribution in [0.5, 0.6) is 5.75 Å². The largest absolute Gasteiger partial charge is 1.00 e. The Balaban J connectivity index is 0.00000420. The Labute approximate surface area is 244 Å². The zero-order valence-electron chi connectivity index (χ0n) is 20.0. The van der Waals surface area contributed by atoms with Gasteiger partial charge in [0.1, 0.15) is 26.4 Å². The Morgan fingerprint density at radius 3 is 1.56 bits per heavy atom. The van der Waals surface area contributed by atoms with E-state index in [1.165, 1.54) is 48.5 Å². The van der Waals surface area contributed by atoms with E-state index in [-0.39, 0.29) is 51.7 Å². The number of hydrogen-bond donors (Lipinski definition) is 5. The summed E-state index contributed by atoms with van der Waals surface area (Å²) in [5.41, 5.74) is 16.8. The number of nitrogen functional groups attached to an aromatic ring is 3. The molecule has 196 valence electrons. The fourth-order valence-corrected chi connectivity index (χ4v) is 4.71. The van der Waals surface area contributed by atoms with E-state index in [1.807, 2.05) is 0 Å². The van der Waals surface area contributed by atoms with Gasteiger partial charge in [0, 0.05) is 11.4 Å². The molecule has 0 amide bonds. The van der Waals surface area contributed by atoms with Crippen LogP contribution in [0.2, 0.25) is 0 Å². The molecule has 8 N–H and O–H groups in total. The van der Waals surface area contributed by atoms with Crippen LogP contribution < -0.4 is 46.8 Å². The fourth-order valence-electron chi connectivity index (χ4n) is 3.40. The molecular formula is C22H18N7NaO7S2. The van der Waals surface area contributed by atoms with E-state index >= 15 is 0 Å². The molecule has 0 heterocycles. The van der Waals surface area contributed by atoms with Crippen LogP contribution in [0, 0.1) is 0 Å². The van der Waals surface area contributed by atoms with Crippen molar-refractivity contribution in [2.45, 2.75) is 9.79 Å². The zero-order valence-corrected chi connectivity index (χ0v) is 23.7. The number of nitrogens with zero attached hydrogens (tertiary/aromatic N) is 4. The van der Waals surface area contributed by atoms with Crippen LogP contribution in [0.1, 0.15) is 0 Å². The second-order valence-electron chi connectivity index (χ2n) is 7.82. The summed E-state index contributed by atoms with van der Waals surface area (Å²) in [4.78, 5) is -1.87. The molecule has 14 nitrogen and oxygen atoms in total. The number of benzene rings is 4. The van der Waals surface area contributed by atoms with Crippen molar-refractivity contribution < 1.29 is 60.6 Å². The van der Waals surface area contributed by atoms with Crippen molar-refractivity contribution in [2.24, 2.45) is 20.5 Å². The summed E-state index contributed by atoms with van der Waals surface area (Å²) in [6, 6.07) is 13.4. The first-order chi connectivity index (χ1) is 17.8. The van der Waals surface area contributed by atoms with Crippen molar-refractivity contribution in [3.05, 3.63) is 60.7 Å². The topological polar surface area (TPSA) is 259 Å². The molecular weight excluding hydrogens is 561 g/mol. The summed E-state index contributed by atoms with van der Waals surface area (Å²) >= 11 is 0. The van der Waals surface area contributed by atoms with Gasteiger partial charge in [-0.25, -0.2) is 8.42 Å². The molecule has 0 saturated carbocycles. The first-order valence-corrected chi connectivity index (χ1v) is 13.2. The number of aromatic hydroxyl groups is 1. The van der Waals surface area contributed by atoms with Gasteiger partial charge in [0.05, 0.1) is 27.3 Å².